The van der Waals surface area contributed by atoms with Gasteiger partial charge in [0.1, 0.15) is 10.7 Å². The van der Waals surface area contributed by atoms with E-state index in [2.05, 4.69) is 15.3 Å². The number of aromatic nitrogens is 2. The molecule has 0 unspecified atom stereocenters. The van der Waals surface area contributed by atoms with Crippen LogP contribution in [0.5, 0.6) is 0 Å². The fraction of sp³-hybridized carbons (Fsp3) is 0.438. The van der Waals surface area contributed by atoms with E-state index in [1.54, 1.807) is 18.3 Å². The quantitative estimate of drug-likeness (QED) is 0.898. The average molecular weight is 351 g/mol. The number of likely N-dealkylation sites (tertiary alicyclic amines) is 1. The zero-order valence-corrected chi connectivity index (χ0v) is 14.6. The number of nitrogens with zero attached hydrogens (tertiary/aromatic N) is 3. The second kappa shape index (κ2) is 7.27. The molecule has 1 N–H and O–H groups in total. The van der Waals surface area contributed by atoms with Crippen LogP contribution in [0.25, 0.3) is 0 Å². The van der Waals surface area contributed by atoms with Gasteiger partial charge in [-0.25, -0.2) is 9.97 Å². The van der Waals surface area contributed by atoms with Crippen LogP contribution in [0.15, 0.2) is 18.3 Å². The van der Waals surface area contributed by atoms with Crippen molar-refractivity contribution in [3.05, 3.63) is 33.9 Å². The van der Waals surface area contributed by atoms with Gasteiger partial charge in [0, 0.05) is 19.3 Å². The van der Waals surface area contributed by atoms with Gasteiger partial charge in [0.2, 0.25) is 0 Å². The molecule has 1 aliphatic heterocycles. The Morgan fingerprint density at radius 3 is 2.65 bits per heavy atom. The van der Waals surface area contributed by atoms with Gasteiger partial charge in [0.05, 0.1) is 10.7 Å². The Hall–Kier alpha value is -1.66. The number of hydrogen-bond acceptors (Lipinski definition) is 5. The molecular formula is C16H19ClN4OS. The molecule has 1 amide bonds. The minimum absolute atomic E-state index is 0.0963. The summed E-state index contributed by atoms with van der Waals surface area (Å²) in [6, 6.07) is 3.55. The molecule has 2 aromatic heterocycles. The number of hydrogen-bond donors (Lipinski definition) is 1. The zero-order valence-electron chi connectivity index (χ0n) is 13.0. The summed E-state index contributed by atoms with van der Waals surface area (Å²) < 4.78 is 0. The lowest BCUT2D eigenvalue weighted by atomic mass is 10.2. The van der Waals surface area contributed by atoms with Crippen LogP contribution >= 0.6 is 22.9 Å². The molecule has 0 radical (unpaired) electrons. The molecule has 0 bridgehead atoms. The summed E-state index contributed by atoms with van der Waals surface area (Å²) in [4.78, 5) is 24.0. The second-order valence-corrected chi connectivity index (χ2v) is 7.06. The molecule has 122 valence electrons. The molecule has 0 spiro atoms. The summed E-state index contributed by atoms with van der Waals surface area (Å²) in [7, 11) is 0. The first-order valence-electron chi connectivity index (χ1n) is 7.79. The number of pyridine rings is 1. The van der Waals surface area contributed by atoms with Gasteiger partial charge in [-0.1, -0.05) is 35.8 Å². The molecular weight excluding hydrogens is 332 g/mol. The lowest BCUT2D eigenvalue weighted by Crippen LogP contribution is -2.31. The van der Waals surface area contributed by atoms with E-state index in [0.29, 0.717) is 20.8 Å². The number of carbonyl (C=O) groups excluding carboxylic acids is 1. The second-order valence-electron chi connectivity index (χ2n) is 5.63. The van der Waals surface area contributed by atoms with Crippen molar-refractivity contribution in [3.63, 3.8) is 0 Å². The van der Waals surface area contributed by atoms with Crippen molar-refractivity contribution in [1.29, 1.82) is 0 Å². The van der Waals surface area contributed by atoms with E-state index in [1.165, 1.54) is 24.2 Å². The van der Waals surface area contributed by atoms with Gasteiger partial charge in [0.25, 0.3) is 5.91 Å². The van der Waals surface area contributed by atoms with Gasteiger partial charge in [-0.15, -0.1) is 0 Å². The SMILES string of the molecule is Cc1nc(Nc2ccc(Cl)cn2)sc1C(=O)N1CCCCCC1. The highest BCUT2D eigenvalue weighted by molar-refractivity contribution is 7.17. The number of aryl methyl sites for hydroxylation is 1. The fourth-order valence-electron chi connectivity index (χ4n) is 2.63. The lowest BCUT2D eigenvalue weighted by Gasteiger charge is -2.19. The molecule has 0 aliphatic carbocycles. The third-order valence-corrected chi connectivity index (χ3v) is 5.13. The Morgan fingerprint density at radius 2 is 2.00 bits per heavy atom. The van der Waals surface area contributed by atoms with E-state index in [9.17, 15) is 4.79 Å². The number of nitrogens with one attached hydrogen (secondary N) is 1. The molecule has 7 heteroatoms. The maximum Gasteiger partial charge on any atom is 0.265 e. The summed E-state index contributed by atoms with van der Waals surface area (Å²) in [5.41, 5.74) is 0.765. The minimum atomic E-state index is 0.0963. The molecule has 1 fully saturated rings. The van der Waals surface area contributed by atoms with Crippen LogP contribution in [0.4, 0.5) is 10.9 Å². The summed E-state index contributed by atoms with van der Waals surface area (Å²) in [5.74, 6) is 0.760. The van der Waals surface area contributed by atoms with Gasteiger partial charge in [0.15, 0.2) is 5.13 Å². The highest BCUT2D eigenvalue weighted by atomic mass is 35.5. The largest absolute Gasteiger partial charge is 0.338 e. The topological polar surface area (TPSA) is 58.1 Å². The van der Waals surface area contributed by atoms with Crippen LogP contribution < -0.4 is 5.32 Å². The number of carbonyl (C=O) groups is 1. The van der Waals surface area contributed by atoms with Gasteiger partial charge in [-0.2, -0.15) is 0 Å². The van der Waals surface area contributed by atoms with E-state index in [1.807, 2.05) is 11.8 Å². The first kappa shape index (κ1) is 16.2. The van der Waals surface area contributed by atoms with Crippen molar-refractivity contribution in [3.8, 4) is 0 Å². The predicted octanol–water partition coefficient (Wildman–Crippen LogP) is 4.26. The van der Waals surface area contributed by atoms with Crippen molar-refractivity contribution in [2.75, 3.05) is 18.4 Å². The molecule has 23 heavy (non-hydrogen) atoms. The van der Waals surface area contributed by atoms with Crippen molar-refractivity contribution < 1.29 is 4.79 Å². The maximum atomic E-state index is 12.7. The molecule has 0 aromatic carbocycles. The lowest BCUT2D eigenvalue weighted by molar-refractivity contribution is 0.0765. The highest BCUT2D eigenvalue weighted by Crippen LogP contribution is 2.27. The molecule has 2 aromatic rings. The smallest absolute Gasteiger partial charge is 0.265 e. The van der Waals surface area contributed by atoms with E-state index >= 15 is 0 Å². The molecule has 5 nitrogen and oxygen atoms in total. The first-order valence-corrected chi connectivity index (χ1v) is 8.98. The fourth-order valence-corrected chi connectivity index (χ4v) is 3.68. The Kier molecular flexibility index (Phi) is 5.13. The summed E-state index contributed by atoms with van der Waals surface area (Å²) in [5, 5.41) is 4.39. The molecule has 0 saturated carbocycles. The molecule has 1 saturated heterocycles. The van der Waals surface area contributed by atoms with Crippen LogP contribution in [0.1, 0.15) is 41.0 Å². The van der Waals surface area contributed by atoms with E-state index in [-0.39, 0.29) is 5.91 Å². The van der Waals surface area contributed by atoms with E-state index in [0.717, 1.165) is 31.6 Å². The van der Waals surface area contributed by atoms with Crippen molar-refractivity contribution in [2.45, 2.75) is 32.6 Å². The highest BCUT2D eigenvalue weighted by Gasteiger charge is 2.22. The number of rotatable bonds is 3. The number of thiazole rings is 1. The Balaban J connectivity index is 1.74. The number of amides is 1. The molecule has 0 atom stereocenters. The van der Waals surface area contributed by atoms with Crippen LogP contribution in [0, 0.1) is 6.92 Å². The molecule has 1 aliphatic rings. The summed E-state index contributed by atoms with van der Waals surface area (Å²) in [6.07, 6.45) is 6.17. The number of halogens is 1. The van der Waals surface area contributed by atoms with Crippen molar-refractivity contribution >= 4 is 39.8 Å². The third kappa shape index (κ3) is 4.00. The van der Waals surface area contributed by atoms with Gasteiger partial charge >= 0.3 is 0 Å². The minimum Gasteiger partial charge on any atom is -0.338 e. The van der Waals surface area contributed by atoms with Crippen molar-refractivity contribution in [2.24, 2.45) is 0 Å². The Labute approximate surface area is 144 Å². The Morgan fingerprint density at radius 1 is 1.26 bits per heavy atom. The van der Waals surface area contributed by atoms with Crippen LogP contribution in [-0.4, -0.2) is 33.9 Å². The van der Waals surface area contributed by atoms with Gasteiger partial charge < -0.3 is 10.2 Å². The molecule has 3 heterocycles. The monoisotopic (exact) mass is 350 g/mol. The molecule has 3 rings (SSSR count). The Bertz CT molecular complexity index is 678. The van der Waals surface area contributed by atoms with Gasteiger partial charge in [-0.05, 0) is 31.9 Å². The summed E-state index contributed by atoms with van der Waals surface area (Å²) in [6.45, 7) is 3.57. The van der Waals surface area contributed by atoms with Gasteiger partial charge in [-0.3, -0.25) is 4.79 Å². The summed E-state index contributed by atoms with van der Waals surface area (Å²) >= 11 is 7.21. The standard InChI is InChI=1S/C16H19ClN4OS/c1-11-14(15(22)21-8-4-2-3-5-9-21)23-16(19-11)20-13-7-6-12(17)10-18-13/h6-7,10H,2-5,8-9H2,1H3,(H,18,19,20). The first-order chi connectivity index (χ1) is 11.1. The third-order valence-electron chi connectivity index (χ3n) is 3.85. The zero-order chi connectivity index (χ0) is 16.2. The van der Waals surface area contributed by atoms with Crippen LogP contribution in [0.3, 0.4) is 0 Å². The number of anilines is 2. The predicted molar refractivity (Wildman–Crippen MR) is 93.8 cm³/mol. The van der Waals surface area contributed by atoms with Crippen molar-refractivity contribution in [1.82, 2.24) is 14.9 Å². The maximum absolute atomic E-state index is 12.7. The average Bonchev–Trinajstić information content (AvgIpc) is 2.76. The van der Waals surface area contributed by atoms with Crippen LogP contribution in [-0.2, 0) is 0 Å². The normalized spacial score (nSPS) is 15.3. The van der Waals surface area contributed by atoms with E-state index in [4.69, 9.17) is 11.6 Å². The van der Waals surface area contributed by atoms with Crippen LogP contribution in [0.2, 0.25) is 5.02 Å². The van der Waals surface area contributed by atoms with E-state index < -0.39 is 0 Å².